The molecule has 1 N–H and O–H groups in total. The number of para-hydroxylation sites is 2. The Bertz CT molecular complexity index is 1040. The molecule has 0 saturated carbocycles. The molecule has 0 fully saturated rings. The quantitative estimate of drug-likeness (QED) is 0.329. The smallest absolute Gasteiger partial charge is 0.234 e. The van der Waals surface area contributed by atoms with Gasteiger partial charge in [0.2, 0.25) is 5.91 Å². The number of benzene rings is 2. The van der Waals surface area contributed by atoms with Crippen LogP contribution in [0, 0.1) is 0 Å². The number of thioether (sulfide) groups is 1. The molecular formula is C21H20Cl2N4O2S. The van der Waals surface area contributed by atoms with Crippen molar-refractivity contribution in [1.29, 1.82) is 0 Å². The fourth-order valence-corrected chi connectivity index (χ4v) is 3.79. The number of rotatable bonds is 9. The molecule has 1 atom stereocenters. The van der Waals surface area contributed by atoms with E-state index >= 15 is 0 Å². The number of aromatic nitrogens is 3. The lowest BCUT2D eigenvalue weighted by molar-refractivity contribution is -0.113. The van der Waals surface area contributed by atoms with E-state index in [1.165, 1.54) is 11.8 Å². The molecule has 0 bridgehead atoms. The number of hydrogen-bond acceptors (Lipinski definition) is 5. The van der Waals surface area contributed by atoms with Crippen molar-refractivity contribution in [3.05, 3.63) is 77.1 Å². The summed E-state index contributed by atoms with van der Waals surface area (Å²) in [6.07, 6.45) is 1.34. The second-order valence-corrected chi connectivity index (χ2v) is 8.00. The first-order valence-corrected chi connectivity index (χ1v) is 10.9. The van der Waals surface area contributed by atoms with Crippen LogP contribution in [0.1, 0.15) is 18.9 Å². The maximum atomic E-state index is 12.3. The number of nitrogens with one attached hydrogen (secondary N) is 1. The van der Waals surface area contributed by atoms with Crippen LogP contribution in [0.5, 0.6) is 5.75 Å². The van der Waals surface area contributed by atoms with Gasteiger partial charge in [-0.1, -0.05) is 65.3 Å². The largest absolute Gasteiger partial charge is 0.481 e. The number of halogens is 2. The van der Waals surface area contributed by atoms with Crippen molar-refractivity contribution < 1.29 is 9.53 Å². The third-order valence-electron chi connectivity index (χ3n) is 4.04. The number of nitrogens with zero attached hydrogens (tertiary/aromatic N) is 3. The predicted molar refractivity (Wildman–Crippen MR) is 122 cm³/mol. The third-order valence-corrected chi connectivity index (χ3v) is 5.65. The highest BCUT2D eigenvalue weighted by Crippen LogP contribution is 2.29. The number of anilines is 1. The van der Waals surface area contributed by atoms with Gasteiger partial charge in [0.05, 0.1) is 21.5 Å². The normalized spacial score (nSPS) is 11.7. The van der Waals surface area contributed by atoms with E-state index in [-0.39, 0.29) is 11.7 Å². The summed E-state index contributed by atoms with van der Waals surface area (Å²) in [6, 6.07) is 14.3. The van der Waals surface area contributed by atoms with Crippen molar-refractivity contribution in [3.8, 4) is 5.75 Å². The van der Waals surface area contributed by atoms with Crippen LogP contribution < -0.4 is 10.1 Å². The summed E-state index contributed by atoms with van der Waals surface area (Å²) in [6.45, 7) is 6.14. The summed E-state index contributed by atoms with van der Waals surface area (Å²) >= 11 is 13.5. The summed E-state index contributed by atoms with van der Waals surface area (Å²) < 4.78 is 7.82. The number of carbonyl (C=O) groups is 1. The fraction of sp³-hybridized carbons (Fsp3) is 0.190. The topological polar surface area (TPSA) is 69.0 Å². The van der Waals surface area contributed by atoms with Crippen LogP contribution >= 0.6 is 35.0 Å². The maximum Gasteiger partial charge on any atom is 0.234 e. The molecule has 6 nitrogen and oxygen atoms in total. The van der Waals surface area contributed by atoms with Crippen LogP contribution in [-0.4, -0.2) is 26.4 Å². The Morgan fingerprint density at radius 2 is 1.90 bits per heavy atom. The molecule has 3 aromatic rings. The van der Waals surface area contributed by atoms with Gasteiger partial charge >= 0.3 is 0 Å². The Labute approximate surface area is 189 Å². The lowest BCUT2D eigenvalue weighted by Gasteiger charge is -2.16. The minimum Gasteiger partial charge on any atom is -0.481 e. The summed E-state index contributed by atoms with van der Waals surface area (Å²) in [5.74, 6) is 1.14. The van der Waals surface area contributed by atoms with Gasteiger partial charge in [0.1, 0.15) is 5.75 Å². The van der Waals surface area contributed by atoms with Crippen molar-refractivity contribution >= 4 is 46.6 Å². The van der Waals surface area contributed by atoms with Crippen LogP contribution in [0.4, 0.5) is 5.69 Å². The number of amides is 1. The number of hydrogen-bond donors (Lipinski definition) is 1. The molecule has 0 aliphatic rings. The van der Waals surface area contributed by atoms with Gasteiger partial charge in [-0.3, -0.25) is 9.36 Å². The lowest BCUT2D eigenvalue weighted by atomic mass is 10.3. The zero-order chi connectivity index (χ0) is 21.5. The van der Waals surface area contributed by atoms with E-state index in [0.717, 1.165) is 0 Å². The molecule has 0 saturated heterocycles. The van der Waals surface area contributed by atoms with Gasteiger partial charge in [0.15, 0.2) is 17.1 Å². The van der Waals surface area contributed by atoms with Crippen LogP contribution in [0.25, 0.3) is 0 Å². The average molecular weight is 463 g/mol. The second-order valence-electron chi connectivity index (χ2n) is 6.25. The highest BCUT2D eigenvalue weighted by Gasteiger charge is 2.20. The monoisotopic (exact) mass is 462 g/mol. The van der Waals surface area contributed by atoms with E-state index in [4.69, 9.17) is 27.9 Å². The SMILES string of the molecule is C=CCn1c(SCC(=O)Nc2ccccc2Cl)nnc1C(C)Oc1ccccc1Cl. The van der Waals surface area contributed by atoms with Gasteiger partial charge in [-0.05, 0) is 31.2 Å². The van der Waals surface area contributed by atoms with Gasteiger partial charge in [-0.25, -0.2) is 0 Å². The first kappa shape index (κ1) is 22.2. The molecule has 156 valence electrons. The van der Waals surface area contributed by atoms with Crippen LogP contribution in [-0.2, 0) is 11.3 Å². The number of allylic oxidation sites excluding steroid dienone is 1. The van der Waals surface area contributed by atoms with Crippen LogP contribution in [0.3, 0.4) is 0 Å². The first-order chi connectivity index (χ1) is 14.5. The fourth-order valence-electron chi connectivity index (χ4n) is 2.67. The third kappa shape index (κ3) is 5.56. The molecule has 2 aromatic carbocycles. The molecule has 1 aromatic heterocycles. The van der Waals surface area contributed by atoms with Gasteiger partial charge in [-0.2, -0.15) is 0 Å². The highest BCUT2D eigenvalue weighted by atomic mass is 35.5. The summed E-state index contributed by atoms with van der Waals surface area (Å²) in [4.78, 5) is 12.3. The van der Waals surface area contributed by atoms with E-state index in [1.807, 2.05) is 29.7 Å². The molecule has 0 spiro atoms. The molecule has 0 aliphatic heterocycles. The number of ether oxygens (including phenoxy) is 1. The van der Waals surface area contributed by atoms with Crippen molar-refractivity contribution in [2.75, 3.05) is 11.1 Å². The van der Waals surface area contributed by atoms with Crippen LogP contribution in [0.15, 0.2) is 66.3 Å². The summed E-state index contributed by atoms with van der Waals surface area (Å²) in [5, 5.41) is 12.9. The maximum absolute atomic E-state index is 12.3. The highest BCUT2D eigenvalue weighted by molar-refractivity contribution is 7.99. The Balaban J connectivity index is 1.69. The molecule has 9 heteroatoms. The van der Waals surface area contributed by atoms with E-state index in [0.29, 0.717) is 39.0 Å². The van der Waals surface area contributed by atoms with E-state index in [9.17, 15) is 4.79 Å². The lowest BCUT2D eigenvalue weighted by Crippen LogP contribution is -2.15. The van der Waals surface area contributed by atoms with Gasteiger partial charge in [0.25, 0.3) is 0 Å². The molecule has 30 heavy (non-hydrogen) atoms. The van der Waals surface area contributed by atoms with E-state index < -0.39 is 6.10 Å². The summed E-state index contributed by atoms with van der Waals surface area (Å²) in [7, 11) is 0. The van der Waals surface area contributed by atoms with E-state index in [1.54, 1.807) is 36.4 Å². The Morgan fingerprint density at radius 1 is 1.20 bits per heavy atom. The molecule has 1 heterocycles. The van der Waals surface area contributed by atoms with E-state index in [2.05, 4.69) is 22.1 Å². The Hall–Kier alpha value is -2.48. The summed E-state index contributed by atoms with van der Waals surface area (Å²) in [5.41, 5.74) is 0.569. The number of carbonyl (C=O) groups excluding carboxylic acids is 1. The standard InChI is InChI=1S/C21H20Cl2N4O2S/c1-3-12-27-20(14(2)29-18-11-7-5-9-16(18)23)25-26-21(27)30-13-19(28)24-17-10-6-4-8-15(17)22/h3-11,14H,1,12-13H2,2H3,(H,24,28). The van der Waals surface area contributed by atoms with Gasteiger partial charge < -0.3 is 10.1 Å². The average Bonchev–Trinajstić information content (AvgIpc) is 3.13. The zero-order valence-electron chi connectivity index (χ0n) is 16.2. The molecule has 1 amide bonds. The van der Waals surface area contributed by atoms with Crippen molar-refractivity contribution in [3.63, 3.8) is 0 Å². The van der Waals surface area contributed by atoms with Crippen LogP contribution in [0.2, 0.25) is 10.0 Å². The minimum atomic E-state index is -0.399. The Kier molecular flexibility index (Phi) is 7.79. The van der Waals surface area contributed by atoms with Gasteiger partial charge in [-0.15, -0.1) is 16.8 Å². The van der Waals surface area contributed by atoms with Crippen molar-refractivity contribution in [2.45, 2.75) is 24.7 Å². The molecule has 0 radical (unpaired) electrons. The Morgan fingerprint density at radius 3 is 2.60 bits per heavy atom. The van der Waals surface area contributed by atoms with Crippen molar-refractivity contribution in [2.24, 2.45) is 0 Å². The second kappa shape index (κ2) is 10.5. The molecular weight excluding hydrogens is 443 g/mol. The molecule has 0 aliphatic carbocycles. The predicted octanol–water partition coefficient (Wildman–Crippen LogP) is 5.64. The molecule has 1 unspecified atom stereocenters. The van der Waals surface area contributed by atoms with Crippen molar-refractivity contribution in [1.82, 2.24) is 14.8 Å². The molecule has 3 rings (SSSR count). The first-order valence-electron chi connectivity index (χ1n) is 9.12. The minimum absolute atomic E-state index is 0.153. The van der Waals surface area contributed by atoms with Gasteiger partial charge in [0, 0.05) is 6.54 Å². The zero-order valence-corrected chi connectivity index (χ0v) is 18.5.